The molecule has 0 amide bonds. The Kier molecular flexibility index (Phi) is 3.69. The highest BCUT2D eigenvalue weighted by atomic mass is 35.5. The van der Waals surface area contributed by atoms with Crippen LogP contribution in [0.5, 0.6) is 0 Å². The summed E-state index contributed by atoms with van der Waals surface area (Å²) < 4.78 is 13.1. The fourth-order valence-corrected chi connectivity index (χ4v) is 2.65. The second kappa shape index (κ2) is 5.07. The van der Waals surface area contributed by atoms with Crippen molar-refractivity contribution in [2.45, 2.75) is 19.9 Å². The lowest BCUT2D eigenvalue weighted by Crippen LogP contribution is -2.05. The van der Waals surface area contributed by atoms with Gasteiger partial charge in [0.1, 0.15) is 5.82 Å². The van der Waals surface area contributed by atoms with Crippen molar-refractivity contribution in [2.75, 3.05) is 5.32 Å². The minimum Gasteiger partial charge on any atom is -0.376 e. The molecular formula is C13H13ClFNS. The first kappa shape index (κ1) is 12.4. The third kappa shape index (κ3) is 2.99. The summed E-state index contributed by atoms with van der Waals surface area (Å²) in [5.74, 6) is -0.286. The Bertz CT molecular complexity index is 524. The van der Waals surface area contributed by atoms with Crippen molar-refractivity contribution in [3.05, 3.63) is 50.9 Å². The highest BCUT2D eigenvalue weighted by molar-refractivity contribution is 7.12. The van der Waals surface area contributed by atoms with Gasteiger partial charge in [-0.1, -0.05) is 11.6 Å². The molecule has 0 aliphatic heterocycles. The maximum Gasteiger partial charge on any atom is 0.125 e. The molecule has 1 aromatic carbocycles. The fourth-order valence-electron chi connectivity index (χ4n) is 1.60. The van der Waals surface area contributed by atoms with Crippen molar-refractivity contribution >= 4 is 28.6 Å². The molecule has 0 radical (unpaired) electrons. The van der Waals surface area contributed by atoms with E-state index in [0.29, 0.717) is 10.7 Å². The Morgan fingerprint density at radius 3 is 2.71 bits per heavy atom. The van der Waals surface area contributed by atoms with Gasteiger partial charge in [-0.3, -0.25) is 0 Å². The van der Waals surface area contributed by atoms with E-state index in [0.717, 1.165) is 0 Å². The average Bonchev–Trinajstić information content (AvgIpc) is 2.70. The molecule has 4 heteroatoms. The molecular weight excluding hydrogens is 257 g/mol. The van der Waals surface area contributed by atoms with Crippen molar-refractivity contribution in [3.63, 3.8) is 0 Å². The molecule has 0 aliphatic rings. The van der Waals surface area contributed by atoms with E-state index in [1.165, 1.54) is 21.9 Å². The molecule has 1 nitrogen and oxygen atoms in total. The van der Waals surface area contributed by atoms with Crippen LogP contribution in [0.25, 0.3) is 0 Å². The van der Waals surface area contributed by atoms with Crippen LogP contribution in [-0.2, 0) is 0 Å². The van der Waals surface area contributed by atoms with Gasteiger partial charge in [0.15, 0.2) is 0 Å². The summed E-state index contributed by atoms with van der Waals surface area (Å²) in [6, 6.07) is 8.60. The molecule has 1 N–H and O–H groups in total. The second-order valence-corrected chi connectivity index (χ2v) is 5.67. The van der Waals surface area contributed by atoms with Gasteiger partial charge in [-0.05, 0) is 44.2 Å². The first-order chi connectivity index (χ1) is 8.06. The van der Waals surface area contributed by atoms with E-state index in [9.17, 15) is 4.39 Å². The molecule has 1 atom stereocenters. The third-order valence-electron chi connectivity index (χ3n) is 2.49. The predicted molar refractivity (Wildman–Crippen MR) is 72.5 cm³/mol. The van der Waals surface area contributed by atoms with Gasteiger partial charge in [-0.15, -0.1) is 11.3 Å². The van der Waals surface area contributed by atoms with Gasteiger partial charge in [0, 0.05) is 9.75 Å². The Hall–Kier alpha value is -1.06. The molecule has 0 saturated heterocycles. The molecule has 0 spiro atoms. The summed E-state index contributed by atoms with van der Waals surface area (Å²) in [5.41, 5.74) is 0.630. The normalized spacial score (nSPS) is 12.5. The molecule has 2 rings (SSSR count). The summed E-state index contributed by atoms with van der Waals surface area (Å²) in [6.07, 6.45) is 0. The van der Waals surface area contributed by atoms with Crippen LogP contribution in [0.2, 0.25) is 5.02 Å². The number of rotatable bonds is 3. The Morgan fingerprint density at radius 2 is 2.06 bits per heavy atom. The molecule has 1 heterocycles. The molecule has 2 aromatic rings. The molecule has 1 unspecified atom stereocenters. The maximum atomic E-state index is 13.1. The number of hydrogen-bond donors (Lipinski definition) is 1. The monoisotopic (exact) mass is 269 g/mol. The Labute approximate surface area is 109 Å². The summed E-state index contributed by atoms with van der Waals surface area (Å²) >= 11 is 7.73. The van der Waals surface area contributed by atoms with E-state index in [1.54, 1.807) is 17.4 Å². The van der Waals surface area contributed by atoms with E-state index in [4.69, 9.17) is 11.6 Å². The molecule has 1 aromatic heterocycles. The van der Waals surface area contributed by atoms with Crippen molar-refractivity contribution in [2.24, 2.45) is 0 Å². The number of aryl methyl sites for hydroxylation is 1. The quantitative estimate of drug-likeness (QED) is 0.825. The van der Waals surface area contributed by atoms with Gasteiger partial charge < -0.3 is 5.32 Å². The van der Waals surface area contributed by atoms with Crippen LogP contribution in [0.3, 0.4) is 0 Å². The standard InChI is InChI=1S/C13H13ClFNS/c1-8-3-6-13(17-8)9(2)16-12-7-10(15)4-5-11(12)14/h3-7,9,16H,1-2H3. The first-order valence-electron chi connectivity index (χ1n) is 5.34. The fraction of sp³-hybridized carbons (Fsp3) is 0.231. The SMILES string of the molecule is Cc1ccc(C(C)Nc2cc(F)ccc2Cl)s1. The highest BCUT2D eigenvalue weighted by Gasteiger charge is 2.10. The third-order valence-corrected chi connectivity index (χ3v) is 4.00. The van der Waals surface area contributed by atoms with Crippen molar-refractivity contribution in [1.82, 2.24) is 0 Å². The van der Waals surface area contributed by atoms with Crippen LogP contribution in [0.4, 0.5) is 10.1 Å². The van der Waals surface area contributed by atoms with Crippen LogP contribution < -0.4 is 5.32 Å². The average molecular weight is 270 g/mol. The lowest BCUT2D eigenvalue weighted by molar-refractivity contribution is 0.628. The largest absolute Gasteiger partial charge is 0.376 e. The van der Waals surface area contributed by atoms with Crippen LogP contribution in [0.1, 0.15) is 22.7 Å². The lowest BCUT2D eigenvalue weighted by Gasteiger charge is -2.15. The molecule has 0 fully saturated rings. The van der Waals surface area contributed by atoms with E-state index in [-0.39, 0.29) is 11.9 Å². The van der Waals surface area contributed by atoms with Gasteiger partial charge in [-0.2, -0.15) is 0 Å². The van der Waals surface area contributed by atoms with E-state index in [1.807, 2.05) is 6.92 Å². The van der Waals surface area contributed by atoms with Crippen molar-refractivity contribution < 1.29 is 4.39 Å². The number of thiophene rings is 1. The van der Waals surface area contributed by atoms with Gasteiger partial charge in [0.25, 0.3) is 0 Å². The number of halogens is 2. The zero-order valence-electron chi connectivity index (χ0n) is 9.63. The maximum absolute atomic E-state index is 13.1. The number of anilines is 1. The van der Waals surface area contributed by atoms with Crippen molar-refractivity contribution in [3.8, 4) is 0 Å². The molecule has 0 saturated carbocycles. The zero-order chi connectivity index (χ0) is 12.4. The van der Waals surface area contributed by atoms with Crippen LogP contribution >= 0.6 is 22.9 Å². The summed E-state index contributed by atoms with van der Waals surface area (Å²) in [7, 11) is 0. The number of nitrogens with one attached hydrogen (secondary N) is 1. The summed E-state index contributed by atoms with van der Waals surface area (Å²) in [4.78, 5) is 2.47. The number of benzene rings is 1. The topological polar surface area (TPSA) is 12.0 Å². The van der Waals surface area contributed by atoms with Gasteiger partial charge in [0.2, 0.25) is 0 Å². The predicted octanol–water partition coefficient (Wildman–Crippen LogP) is 5.02. The lowest BCUT2D eigenvalue weighted by atomic mass is 10.2. The molecule has 0 aliphatic carbocycles. The Balaban J connectivity index is 2.18. The van der Waals surface area contributed by atoms with Crippen molar-refractivity contribution in [1.29, 1.82) is 0 Å². The molecule has 90 valence electrons. The zero-order valence-corrected chi connectivity index (χ0v) is 11.2. The second-order valence-electron chi connectivity index (χ2n) is 3.94. The van der Waals surface area contributed by atoms with E-state index < -0.39 is 0 Å². The minimum absolute atomic E-state index is 0.119. The number of hydrogen-bond acceptors (Lipinski definition) is 2. The Morgan fingerprint density at radius 1 is 1.29 bits per heavy atom. The van der Waals surface area contributed by atoms with Gasteiger partial charge in [-0.25, -0.2) is 4.39 Å². The van der Waals surface area contributed by atoms with Crippen LogP contribution in [0, 0.1) is 12.7 Å². The summed E-state index contributed by atoms with van der Waals surface area (Å²) in [6.45, 7) is 4.10. The van der Waals surface area contributed by atoms with E-state index >= 15 is 0 Å². The van der Waals surface area contributed by atoms with Gasteiger partial charge in [0.05, 0.1) is 16.8 Å². The molecule has 17 heavy (non-hydrogen) atoms. The van der Waals surface area contributed by atoms with Crippen LogP contribution in [-0.4, -0.2) is 0 Å². The van der Waals surface area contributed by atoms with Gasteiger partial charge >= 0.3 is 0 Å². The first-order valence-corrected chi connectivity index (χ1v) is 6.53. The van der Waals surface area contributed by atoms with Crippen LogP contribution in [0.15, 0.2) is 30.3 Å². The minimum atomic E-state index is -0.286. The molecule has 0 bridgehead atoms. The smallest absolute Gasteiger partial charge is 0.125 e. The van der Waals surface area contributed by atoms with E-state index in [2.05, 4.69) is 24.4 Å². The summed E-state index contributed by atoms with van der Waals surface area (Å²) in [5, 5.41) is 3.75. The highest BCUT2D eigenvalue weighted by Crippen LogP contribution is 2.29.